The quantitative estimate of drug-likeness (QED) is 0.718. The number of rotatable bonds is 8. The van der Waals surface area contributed by atoms with Crippen LogP contribution in [-0.2, 0) is 11.3 Å². The van der Waals surface area contributed by atoms with Crippen LogP contribution in [0.25, 0.3) is 0 Å². The van der Waals surface area contributed by atoms with Crippen molar-refractivity contribution >= 4 is 17.6 Å². The minimum atomic E-state index is -0.786. The number of ether oxygens (including phenoxy) is 2. The third-order valence-corrected chi connectivity index (χ3v) is 3.04. The topological polar surface area (TPSA) is 67.8 Å². The Morgan fingerprint density at radius 2 is 2.11 bits per heavy atom. The lowest BCUT2D eigenvalue weighted by Gasteiger charge is -2.13. The molecule has 0 bridgehead atoms. The van der Waals surface area contributed by atoms with Gasteiger partial charge in [0.25, 0.3) is 0 Å². The summed E-state index contributed by atoms with van der Waals surface area (Å²) in [4.78, 5) is 10.4. The van der Waals surface area contributed by atoms with E-state index in [4.69, 9.17) is 26.2 Å². The van der Waals surface area contributed by atoms with Gasteiger partial charge in [-0.05, 0) is 24.6 Å². The van der Waals surface area contributed by atoms with Crippen LogP contribution in [0.15, 0.2) is 12.1 Å². The summed E-state index contributed by atoms with van der Waals surface area (Å²) in [6.45, 7) is 1.18. The normalized spacial score (nSPS) is 10.3. The van der Waals surface area contributed by atoms with Gasteiger partial charge in [-0.1, -0.05) is 17.7 Å². The van der Waals surface area contributed by atoms with Crippen molar-refractivity contribution in [3.05, 3.63) is 22.7 Å². The maximum Gasteiger partial charge on any atom is 0.303 e. The summed E-state index contributed by atoms with van der Waals surface area (Å²) in [5.74, 6) is 0.307. The predicted molar refractivity (Wildman–Crippen MR) is 73.1 cm³/mol. The second kappa shape index (κ2) is 7.86. The Morgan fingerprint density at radius 3 is 2.68 bits per heavy atom. The number of nitrogens with one attached hydrogen (secondary N) is 1. The number of carboxylic acid groups (broad SMARTS) is 1. The van der Waals surface area contributed by atoms with Gasteiger partial charge in [-0.3, -0.25) is 4.79 Å². The molecule has 0 aliphatic carbocycles. The summed E-state index contributed by atoms with van der Waals surface area (Å²) >= 11 is 6.22. The molecule has 106 valence electrons. The molecule has 0 unspecified atom stereocenters. The molecule has 0 saturated heterocycles. The molecule has 0 aromatic heterocycles. The van der Waals surface area contributed by atoms with Crippen molar-refractivity contribution in [2.24, 2.45) is 0 Å². The number of aliphatic carboxylic acids is 1. The van der Waals surface area contributed by atoms with Crippen molar-refractivity contribution in [3.8, 4) is 11.5 Å². The highest BCUT2D eigenvalue weighted by molar-refractivity contribution is 6.33. The fourth-order valence-corrected chi connectivity index (χ4v) is 1.95. The van der Waals surface area contributed by atoms with Crippen molar-refractivity contribution in [1.82, 2.24) is 5.32 Å². The minimum absolute atomic E-state index is 0.159. The fourth-order valence-electron chi connectivity index (χ4n) is 1.65. The Labute approximate surface area is 117 Å². The number of methoxy groups -OCH3 is 2. The Kier molecular flexibility index (Phi) is 6.45. The summed E-state index contributed by atoms with van der Waals surface area (Å²) in [6, 6.07) is 3.65. The van der Waals surface area contributed by atoms with E-state index in [2.05, 4.69) is 5.32 Å². The molecule has 6 heteroatoms. The van der Waals surface area contributed by atoms with E-state index in [1.165, 1.54) is 7.11 Å². The van der Waals surface area contributed by atoms with E-state index in [1.54, 1.807) is 13.2 Å². The van der Waals surface area contributed by atoms with Gasteiger partial charge in [0.05, 0.1) is 19.2 Å². The Balaban J connectivity index is 2.57. The van der Waals surface area contributed by atoms with Gasteiger partial charge >= 0.3 is 5.97 Å². The van der Waals surface area contributed by atoms with E-state index >= 15 is 0 Å². The van der Waals surface area contributed by atoms with E-state index in [9.17, 15) is 4.79 Å². The van der Waals surface area contributed by atoms with E-state index in [-0.39, 0.29) is 6.42 Å². The molecule has 19 heavy (non-hydrogen) atoms. The summed E-state index contributed by atoms with van der Waals surface area (Å²) in [5, 5.41) is 12.2. The van der Waals surface area contributed by atoms with Crippen LogP contribution in [0.4, 0.5) is 0 Å². The van der Waals surface area contributed by atoms with Gasteiger partial charge in [-0.25, -0.2) is 0 Å². The molecule has 0 aliphatic heterocycles. The average molecular weight is 288 g/mol. The molecule has 5 nitrogen and oxygen atoms in total. The van der Waals surface area contributed by atoms with Gasteiger partial charge < -0.3 is 19.9 Å². The molecule has 0 atom stereocenters. The van der Waals surface area contributed by atoms with Gasteiger partial charge in [-0.15, -0.1) is 0 Å². The van der Waals surface area contributed by atoms with Crippen LogP contribution in [-0.4, -0.2) is 31.8 Å². The number of benzene rings is 1. The zero-order valence-electron chi connectivity index (χ0n) is 11.0. The number of carbonyl (C=O) groups is 1. The van der Waals surface area contributed by atoms with Gasteiger partial charge in [0.2, 0.25) is 0 Å². The minimum Gasteiger partial charge on any atom is -0.493 e. The maximum atomic E-state index is 10.4. The molecule has 1 aromatic rings. The first-order chi connectivity index (χ1) is 9.10. The van der Waals surface area contributed by atoms with Crippen molar-refractivity contribution in [1.29, 1.82) is 0 Å². The molecule has 0 fully saturated rings. The summed E-state index contributed by atoms with van der Waals surface area (Å²) in [6.07, 6.45) is 0.743. The SMILES string of the molecule is COc1ccc(CNCCCC(=O)O)c(Cl)c1OC. The zero-order valence-corrected chi connectivity index (χ0v) is 11.8. The van der Waals surface area contributed by atoms with Crippen LogP contribution in [0, 0.1) is 0 Å². The lowest BCUT2D eigenvalue weighted by atomic mass is 10.2. The Bertz CT molecular complexity index is 437. The molecule has 2 N–H and O–H groups in total. The van der Waals surface area contributed by atoms with Crippen LogP contribution in [0.3, 0.4) is 0 Å². The molecule has 0 heterocycles. The van der Waals surface area contributed by atoms with E-state index in [1.807, 2.05) is 6.07 Å². The third kappa shape index (κ3) is 4.61. The van der Waals surface area contributed by atoms with Crippen LogP contribution < -0.4 is 14.8 Å². The maximum absolute atomic E-state index is 10.4. The van der Waals surface area contributed by atoms with Gasteiger partial charge in [-0.2, -0.15) is 0 Å². The monoisotopic (exact) mass is 287 g/mol. The average Bonchev–Trinajstić information content (AvgIpc) is 2.39. The van der Waals surface area contributed by atoms with Gasteiger partial charge in [0.15, 0.2) is 11.5 Å². The number of hydrogen-bond acceptors (Lipinski definition) is 4. The van der Waals surface area contributed by atoms with Crippen LogP contribution >= 0.6 is 11.6 Å². The van der Waals surface area contributed by atoms with E-state index < -0.39 is 5.97 Å². The molecule has 0 amide bonds. The first-order valence-corrected chi connectivity index (χ1v) is 6.29. The first kappa shape index (κ1) is 15.6. The number of halogens is 1. The Morgan fingerprint density at radius 1 is 1.37 bits per heavy atom. The zero-order chi connectivity index (χ0) is 14.3. The molecular formula is C13H18ClNO4. The second-order valence-electron chi connectivity index (χ2n) is 3.95. The molecule has 1 aromatic carbocycles. The molecule has 0 spiro atoms. The molecule has 0 radical (unpaired) electrons. The van der Waals surface area contributed by atoms with Crippen molar-refractivity contribution in [3.63, 3.8) is 0 Å². The smallest absolute Gasteiger partial charge is 0.303 e. The molecular weight excluding hydrogens is 270 g/mol. The van der Waals surface area contributed by atoms with Crippen LogP contribution in [0.2, 0.25) is 5.02 Å². The Hall–Kier alpha value is -1.46. The van der Waals surface area contributed by atoms with E-state index in [0.29, 0.717) is 36.0 Å². The number of hydrogen-bond donors (Lipinski definition) is 2. The van der Waals surface area contributed by atoms with Crippen molar-refractivity contribution in [2.45, 2.75) is 19.4 Å². The van der Waals surface area contributed by atoms with Crippen LogP contribution in [0.5, 0.6) is 11.5 Å². The molecule has 1 rings (SSSR count). The third-order valence-electron chi connectivity index (χ3n) is 2.62. The summed E-state index contributed by atoms with van der Waals surface area (Å²) < 4.78 is 10.4. The van der Waals surface area contributed by atoms with Crippen molar-refractivity contribution < 1.29 is 19.4 Å². The highest BCUT2D eigenvalue weighted by Crippen LogP contribution is 2.37. The lowest BCUT2D eigenvalue weighted by molar-refractivity contribution is -0.137. The fraction of sp³-hybridized carbons (Fsp3) is 0.462. The standard InChI is InChI=1S/C13H18ClNO4/c1-18-10-6-5-9(12(14)13(10)19-2)8-15-7-3-4-11(16)17/h5-6,15H,3-4,7-8H2,1-2H3,(H,16,17). The highest BCUT2D eigenvalue weighted by Gasteiger charge is 2.12. The summed E-state index contributed by atoms with van der Waals surface area (Å²) in [7, 11) is 3.09. The van der Waals surface area contributed by atoms with Crippen molar-refractivity contribution in [2.75, 3.05) is 20.8 Å². The molecule has 0 aliphatic rings. The first-order valence-electron chi connectivity index (χ1n) is 5.92. The highest BCUT2D eigenvalue weighted by atomic mass is 35.5. The van der Waals surface area contributed by atoms with E-state index in [0.717, 1.165) is 5.56 Å². The second-order valence-corrected chi connectivity index (χ2v) is 4.33. The summed E-state index contributed by atoms with van der Waals surface area (Å²) in [5.41, 5.74) is 0.884. The predicted octanol–water partition coefficient (Wildman–Crippen LogP) is 2.31. The largest absolute Gasteiger partial charge is 0.493 e. The lowest BCUT2D eigenvalue weighted by Crippen LogP contribution is -2.16. The van der Waals surface area contributed by atoms with Crippen LogP contribution in [0.1, 0.15) is 18.4 Å². The van der Waals surface area contributed by atoms with Gasteiger partial charge in [0, 0.05) is 13.0 Å². The van der Waals surface area contributed by atoms with Gasteiger partial charge in [0.1, 0.15) is 0 Å². The molecule has 0 saturated carbocycles. The number of carboxylic acids is 1.